The van der Waals surface area contributed by atoms with Gasteiger partial charge in [0, 0.05) is 5.56 Å². The first-order valence-corrected chi connectivity index (χ1v) is 5.70. The summed E-state index contributed by atoms with van der Waals surface area (Å²) in [5.41, 5.74) is 1.75. The maximum absolute atomic E-state index is 5.97. The molecule has 0 atom stereocenters. The van der Waals surface area contributed by atoms with Gasteiger partial charge in [0.25, 0.3) is 0 Å². The number of rotatable bonds is 2. The summed E-state index contributed by atoms with van der Waals surface area (Å²) in [5.74, 6) is 0. The first kappa shape index (κ1) is 11.7. The molecule has 16 heavy (non-hydrogen) atoms. The second kappa shape index (κ2) is 4.62. The van der Waals surface area contributed by atoms with E-state index in [2.05, 4.69) is 10.1 Å². The normalized spacial score (nSPS) is 10.8. The highest BCUT2D eigenvalue weighted by molar-refractivity contribution is 6.32. The van der Waals surface area contributed by atoms with E-state index >= 15 is 0 Å². The van der Waals surface area contributed by atoms with Crippen LogP contribution >= 0.6 is 34.8 Å². The molecule has 0 aromatic carbocycles. The van der Waals surface area contributed by atoms with Crippen molar-refractivity contribution in [3.8, 4) is 0 Å². The van der Waals surface area contributed by atoms with Crippen molar-refractivity contribution in [2.45, 2.75) is 13.5 Å². The maximum atomic E-state index is 5.97. The molecule has 0 bridgehead atoms. The minimum Gasteiger partial charge on any atom is -0.264 e. The Kier molecular flexibility index (Phi) is 3.38. The third-order valence-corrected chi connectivity index (χ3v) is 3.16. The lowest BCUT2D eigenvalue weighted by molar-refractivity contribution is 0.663. The Morgan fingerprint density at radius 1 is 1.25 bits per heavy atom. The van der Waals surface area contributed by atoms with Crippen molar-refractivity contribution >= 4 is 34.8 Å². The molecule has 0 saturated carbocycles. The molecule has 2 rings (SSSR count). The summed E-state index contributed by atoms with van der Waals surface area (Å²) in [4.78, 5) is 3.96. The largest absolute Gasteiger partial charge is 0.264 e. The fraction of sp³-hybridized carbons (Fsp3) is 0.200. The summed E-state index contributed by atoms with van der Waals surface area (Å²) >= 11 is 17.6. The summed E-state index contributed by atoms with van der Waals surface area (Å²) in [6, 6.07) is 3.52. The van der Waals surface area contributed by atoms with E-state index in [1.54, 1.807) is 16.9 Å². The van der Waals surface area contributed by atoms with Crippen LogP contribution in [0, 0.1) is 6.92 Å². The molecule has 0 aliphatic heterocycles. The average Bonchev–Trinajstić information content (AvgIpc) is 2.54. The molecule has 0 fully saturated rings. The van der Waals surface area contributed by atoms with Crippen molar-refractivity contribution < 1.29 is 0 Å². The van der Waals surface area contributed by atoms with E-state index in [-0.39, 0.29) is 0 Å². The molecule has 84 valence electrons. The Morgan fingerprint density at radius 3 is 2.56 bits per heavy atom. The van der Waals surface area contributed by atoms with Crippen LogP contribution in [0.15, 0.2) is 18.3 Å². The Bertz CT molecular complexity index is 522. The second-order valence-electron chi connectivity index (χ2n) is 3.32. The average molecular weight is 277 g/mol. The van der Waals surface area contributed by atoms with Gasteiger partial charge in [0.2, 0.25) is 0 Å². The lowest BCUT2D eigenvalue weighted by Crippen LogP contribution is -2.04. The zero-order valence-electron chi connectivity index (χ0n) is 8.41. The van der Waals surface area contributed by atoms with E-state index in [0.717, 1.165) is 11.3 Å². The fourth-order valence-electron chi connectivity index (χ4n) is 1.30. The molecule has 0 N–H and O–H groups in total. The second-order valence-corrected chi connectivity index (χ2v) is 4.47. The van der Waals surface area contributed by atoms with Gasteiger partial charge in [-0.1, -0.05) is 40.9 Å². The van der Waals surface area contributed by atoms with E-state index in [4.69, 9.17) is 34.8 Å². The predicted molar refractivity (Wildman–Crippen MR) is 65.3 cm³/mol. The van der Waals surface area contributed by atoms with E-state index < -0.39 is 0 Å². The van der Waals surface area contributed by atoms with Crippen molar-refractivity contribution in [2.75, 3.05) is 0 Å². The van der Waals surface area contributed by atoms with Crippen molar-refractivity contribution in [1.82, 2.24) is 14.8 Å². The van der Waals surface area contributed by atoms with Gasteiger partial charge < -0.3 is 0 Å². The molecule has 3 nitrogen and oxygen atoms in total. The van der Waals surface area contributed by atoms with Crippen molar-refractivity contribution in [2.24, 2.45) is 0 Å². The number of hydrogen-bond acceptors (Lipinski definition) is 2. The lowest BCUT2D eigenvalue weighted by Gasteiger charge is -2.06. The molecule has 0 radical (unpaired) electrons. The van der Waals surface area contributed by atoms with Gasteiger partial charge in [-0.05, 0) is 13.0 Å². The van der Waals surface area contributed by atoms with Gasteiger partial charge in [-0.25, -0.2) is 4.98 Å². The van der Waals surface area contributed by atoms with Crippen LogP contribution in [0.1, 0.15) is 11.3 Å². The molecule has 0 amide bonds. The van der Waals surface area contributed by atoms with Gasteiger partial charge in [-0.15, -0.1) is 0 Å². The number of nitrogens with zero attached hydrogens (tertiary/aromatic N) is 3. The number of pyridine rings is 1. The zero-order chi connectivity index (χ0) is 11.7. The van der Waals surface area contributed by atoms with Gasteiger partial charge in [-0.3, -0.25) is 4.68 Å². The summed E-state index contributed by atoms with van der Waals surface area (Å²) < 4.78 is 1.76. The standard InChI is InChI=1S/C10H8Cl3N3/c1-6-8(11)4-14-16(6)5-7-2-3-9(12)15-10(7)13/h2-4H,5H2,1H3. The Labute approximate surface area is 108 Å². The van der Waals surface area contributed by atoms with Crippen LogP contribution in [0.3, 0.4) is 0 Å². The van der Waals surface area contributed by atoms with Crippen LogP contribution in [0.5, 0.6) is 0 Å². The zero-order valence-corrected chi connectivity index (χ0v) is 10.7. The molecule has 2 heterocycles. The monoisotopic (exact) mass is 275 g/mol. The molecule has 0 unspecified atom stereocenters. The number of aromatic nitrogens is 3. The highest BCUT2D eigenvalue weighted by Crippen LogP contribution is 2.20. The van der Waals surface area contributed by atoms with Crippen molar-refractivity contribution in [3.63, 3.8) is 0 Å². The summed E-state index contributed by atoms with van der Waals surface area (Å²) in [7, 11) is 0. The smallest absolute Gasteiger partial charge is 0.135 e. The van der Waals surface area contributed by atoms with Crippen LogP contribution < -0.4 is 0 Å². The molecule has 0 spiro atoms. The summed E-state index contributed by atoms with van der Waals surface area (Å²) in [6.07, 6.45) is 1.61. The predicted octanol–water partition coefficient (Wildman–Crippen LogP) is 3.60. The third-order valence-electron chi connectivity index (χ3n) is 2.26. The Morgan fingerprint density at radius 2 is 2.00 bits per heavy atom. The topological polar surface area (TPSA) is 30.7 Å². The lowest BCUT2D eigenvalue weighted by atomic mass is 10.3. The van der Waals surface area contributed by atoms with Gasteiger partial charge in [-0.2, -0.15) is 5.10 Å². The maximum Gasteiger partial charge on any atom is 0.135 e. The van der Waals surface area contributed by atoms with Gasteiger partial charge in [0.1, 0.15) is 10.3 Å². The third kappa shape index (κ3) is 2.32. The van der Waals surface area contributed by atoms with Crippen LogP contribution in [-0.2, 0) is 6.54 Å². The van der Waals surface area contributed by atoms with Crippen LogP contribution in [0.4, 0.5) is 0 Å². The van der Waals surface area contributed by atoms with Crippen LogP contribution in [0.2, 0.25) is 15.3 Å². The number of halogens is 3. The number of hydrogen-bond donors (Lipinski definition) is 0. The molecular weight excluding hydrogens is 268 g/mol. The Hall–Kier alpha value is -0.770. The highest BCUT2D eigenvalue weighted by Gasteiger charge is 2.08. The van der Waals surface area contributed by atoms with Crippen LogP contribution in [0.25, 0.3) is 0 Å². The van der Waals surface area contributed by atoms with Gasteiger partial charge in [0.15, 0.2) is 0 Å². The Balaban J connectivity index is 2.30. The minimum atomic E-state index is 0.379. The summed E-state index contributed by atoms with van der Waals surface area (Å²) in [5, 5.41) is 5.54. The summed E-state index contributed by atoms with van der Waals surface area (Å²) in [6.45, 7) is 2.42. The molecule has 0 aliphatic carbocycles. The van der Waals surface area contributed by atoms with E-state index in [1.807, 2.05) is 13.0 Å². The highest BCUT2D eigenvalue weighted by atomic mass is 35.5. The molecule has 6 heteroatoms. The van der Waals surface area contributed by atoms with E-state index in [9.17, 15) is 0 Å². The molecular formula is C10H8Cl3N3. The molecule has 0 aliphatic rings. The van der Waals surface area contributed by atoms with Crippen LogP contribution in [-0.4, -0.2) is 14.8 Å². The molecule has 2 aromatic heterocycles. The minimum absolute atomic E-state index is 0.379. The first-order valence-electron chi connectivity index (χ1n) is 4.57. The quantitative estimate of drug-likeness (QED) is 0.785. The van der Waals surface area contributed by atoms with Crippen molar-refractivity contribution in [1.29, 1.82) is 0 Å². The fourth-order valence-corrected chi connectivity index (χ4v) is 1.85. The van der Waals surface area contributed by atoms with Gasteiger partial charge >= 0.3 is 0 Å². The van der Waals surface area contributed by atoms with E-state index in [1.165, 1.54) is 0 Å². The molecule has 0 saturated heterocycles. The molecule has 2 aromatic rings. The first-order chi connectivity index (χ1) is 7.58. The van der Waals surface area contributed by atoms with Gasteiger partial charge in [0.05, 0.1) is 23.5 Å². The van der Waals surface area contributed by atoms with E-state index in [0.29, 0.717) is 21.9 Å². The van der Waals surface area contributed by atoms with Crippen molar-refractivity contribution in [3.05, 3.63) is 44.9 Å². The SMILES string of the molecule is Cc1c(Cl)cnn1Cc1ccc(Cl)nc1Cl.